The van der Waals surface area contributed by atoms with E-state index in [9.17, 15) is 0 Å². The zero-order chi connectivity index (χ0) is 19.6. The van der Waals surface area contributed by atoms with Crippen LogP contribution in [0.25, 0.3) is 0 Å². The highest BCUT2D eigenvalue weighted by molar-refractivity contribution is 5.27. The van der Waals surface area contributed by atoms with Crippen molar-refractivity contribution in [3.63, 3.8) is 0 Å². The molecular formula is C26H42O2. The summed E-state index contributed by atoms with van der Waals surface area (Å²) >= 11 is 0. The van der Waals surface area contributed by atoms with Gasteiger partial charge >= 0.3 is 0 Å². The standard InChI is InChI=1S/C26H42O2/c1-3-5-7-8-9-21-11-13-22(14-12-21)23-15-17-24(18-16-23)26-20-27-25(19-28-26)10-6-4-2/h15-18,21-22,25-26H,3-14,19-20H2,1-2H3. The van der Waals surface area contributed by atoms with E-state index in [1.54, 1.807) is 0 Å². The van der Waals surface area contributed by atoms with Crippen LogP contribution in [0.2, 0.25) is 0 Å². The summed E-state index contributed by atoms with van der Waals surface area (Å²) < 4.78 is 12.1. The predicted octanol–water partition coefficient (Wildman–Crippen LogP) is 7.58. The minimum atomic E-state index is 0.116. The molecule has 28 heavy (non-hydrogen) atoms. The Balaban J connectivity index is 1.40. The highest BCUT2D eigenvalue weighted by Gasteiger charge is 2.25. The molecule has 1 saturated heterocycles. The zero-order valence-corrected chi connectivity index (χ0v) is 18.3. The first-order valence-corrected chi connectivity index (χ1v) is 12.1. The van der Waals surface area contributed by atoms with Gasteiger partial charge in [-0.2, -0.15) is 0 Å². The Kier molecular flexibility index (Phi) is 9.34. The molecule has 2 unspecified atom stereocenters. The lowest BCUT2D eigenvalue weighted by atomic mass is 9.77. The maximum absolute atomic E-state index is 6.10. The van der Waals surface area contributed by atoms with E-state index in [1.807, 2.05) is 0 Å². The third-order valence-electron chi connectivity index (χ3n) is 6.94. The molecule has 2 atom stereocenters. The number of ether oxygens (including phenoxy) is 2. The summed E-state index contributed by atoms with van der Waals surface area (Å²) in [5, 5.41) is 0. The summed E-state index contributed by atoms with van der Waals surface area (Å²) in [7, 11) is 0. The Morgan fingerprint density at radius 1 is 0.714 bits per heavy atom. The molecule has 1 aliphatic heterocycles. The molecule has 1 aliphatic carbocycles. The van der Waals surface area contributed by atoms with Gasteiger partial charge in [0.15, 0.2) is 0 Å². The third kappa shape index (κ3) is 6.59. The van der Waals surface area contributed by atoms with Gasteiger partial charge in [0.25, 0.3) is 0 Å². The SMILES string of the molecule is CCCCCCC1CCC(c2ccc(C3COC(CCCC)CO3)cc2)CC1. The Hall–Kier alpha value is -0.860. The number of hydrogen-bond acceptors (Lipinski definition) is 2. The minimum Gasteiger partial charge on any atom is -0.373 e. The van der Waals surface area contributed by atoms with Gasteiger partial charge in [-0.15, -0.1) is 0 Å². The van der Waals surface area contributed by atoms with Gasteiger partial charge in [0, 0.05) is 0 Å². The zero-order valence-electron chi connectivity index (χ0n) is 18.3. The van der Waals surface area contributed by atoms with Crippen molar-refractivity contribution in [3.8, 4) is 0 Å². The molecule has 2 heteroatoms. The van der Waals surface area contributed by atoms with Crippen LogP contribution in [0.3, 0.4) is 0 Å². The van der Waals surface area contributed by atoms with E-state index in [1.165, 1.54) is 81.8 Å². The van der Waals surface area contributed by atoms with Crippen molar-refractivity contribution in [2.24, 2.45) is 5.92 Å². The first kappa shape index (κ1) is 21.8. The topological polar surface area (TPSA) is 18.5 Å². The average molecular weight is 387 g/mol. The van der Waals surface area contributed by atoms with Crippen molar-refractivity contribution in [3.05, 3.63) is 35.4 Å². The average Bonchev–Trinajstić information content (AvgIpc) is 2.76. The number of rotatable bonds is 10. The second kappa shape index (κ2) is 12.0. The van der Waals surface area contributed by atoms with Crippen LogP contribution < -0.4 is 0 Å². The Bertz CT molecular complexity index is 522. The van der Waals surface area contributed by atoms with Gasteiger partial charge in [-0.1, -0.05) is 83.1 Å². The van der Waals surface area contributed by atoms with Gasteiger partial charge in [-0.05, 0) is 55.1 Å². The van der Waals surface area contributed by atoms with E-state index in [-0.39, 0.29) is 6.10 Å². The fourth-order valence-electron chi connectivity index (χ4n) is 4.96. The Morgan fingerprint density at radius 3 is 2.07 bits per heavy atom. The summed E-state index contributed by atoms with van der Waals surface area (Å²) in [5.41, 5.74) is 2.81. The van der Waals surface area contributed by atoms with E-state index in [2.05, 4.69) is 38.1 Å². The maximum atomic E-state index is 6.10. The second-order valence-electron chi connectivity index (χ2n) is 9.15. The molecule has 0 aromatic heterocycles. The van der Waals surface area contributed by atoms with Gasteiger partial charge in [-0.25, -0.2) is 0 Å². The molecule has 0 amide bonds. The molecule has 0 bridgehead atoms. The summed E-state index contributed by atoms with van der Waals surface area (Å²) in [6, 6.07) is 9.28. The molecule has 1 heterocycles. The number of unbranched alkanes of at least 4 members (excludes halogenated alkanes) is 4. The van der Waals surface area contributed by atoms with Crippen LogP contribution in [0, 0.1) is 5.92 Å². The Labute approximate surface area is 173 Å². The van der Waals surface area contributed by atoms with Crippen LogP contribution in [0.1, 0.15) is 114 Å². The fourth-order valence-corrected chi connectivity index (χ4v) is 4.96. The van der Waals surface area contributed by atoms with E-state index in [0.29, 0.717) is 12.7 Å². The van der Waals surface area contributed by atoms with E-state index in [4.69, 9.17) is 9.47 Å². The van der Waals surface area contributed by atoms with Gasteiger partial charge in [0.1, 0.15) is 6.10 Å². The van der Waals surface area contributed by atoms with E-state index in [0.717, 1.165) is 24.9 Å². The first-order chi connectivity index (χ1) is 13.8. The summed E-state index contributed by atoms with van der Waals surface area (Å²) in [6.45, 7) is 5.98. The molecule has 1 saturated carbocycles. The first-order valence-electron chi connectivity index (χ1n) is 12.1. The van der Waals surface area contributed by atoms with Gasteiger partial charge in [-0.3, -0.25) is 0 Å². The molecule has 2 nitrogen and oxygen atoms in total. The minimum absolute atomic E-state index is 0.116. The van der Waals surface area contributed by atoms with Crippen molar-refractivity contribution in [1.29, 1.82) is 0 Å². The summed E-state index contributed by atoms with van der Waals surface area (Å²) in [5.74, 6) is 1.75. The third-order valence-corrected chi connectivity index (χ3v) is 6.94. The van der Waals surface area contributed by atoms with Crippen molar-refractivity contribution in [1.82, 2.24) is 0 Å². The van der Waals surface area contributed by atoms with Gasteiger partial charge in [0.05, 0.1) is 19.3 Å². The molecule has 0 N–H and O–H groups in total. The van der Waals surface area contributed by atoms with Crippen molar-refractivity contribution >= 4 is 0 Å². The molecule has 3 rings (SSSR count). The highest BCUT2D eigenvalue weighted by atomic mass is 16.6. The monoisotopic (exact) mass is 386 g/mol. The second-order valence-corrected chi connectivity index (χ2v) is 9.15. The van der Waals surface area contributed by atoms with Crippen molar-refractivity contribution in [2.75, 3.05) is 13.2 Å². The smallest absolute Gasteiger partial charge is 0.106 e. The maximum Gasteiger partial charge on any atom is 0.106 e. The lowest BCUT2D eigenvalue weighted by Crippen LogP contribution is -2.31. The molecule has 1 aromatic carbocycles. The normalized spacial score (nSPS) is 28.4. The fraction of sp³-hybridized carbons (Fsp3) is 0.769. The summed E-state index contributed by atoms with van der Waals surface area (Å²) in [6.07, 6.45) is 16.7. The van der Waals surface area contributed by atoms with Crippen LogP contribution in [-0.4, -0.2) is 19.3 Å². The quantitative estimate of drug-likeness (QED) is 0.386. The van der Waals surface area contributed by atoms with Crippen molar-refractivity contribution in [2.45, 2.75) is 109 Å². The molecule has 2 fully saturated rings. The van der Waals surface area contributed by atoms with Gasteiger partial charge in [0.2, 0.25) is 0 Å². The molecular weight excluding hydrogens is 344 g/mol. The van der Waals surface area contributed by atoms with Crippen LogP contribution >= 0.6 is 0 Å². The lowest BCUT2D eigenvalue weighted by molar-refractivity contribution is -0.137. The highest BCUT2D eigenvalue weighted by Crippen LogP contribution is 2.38. The molecule has 1 aromatic rings. The lowest BCUT2D eigenvalue weighted by Gasteiger charge is -2.31. The number of benzene rings is 1. The van der Waals surface area contributed by atoms with Crippen LogP contribution in [0.5, 0.6) is 0 Å². The molecule has 158 valence electrons. The largest absolute Gasteiger partial charge is 0.373 e. The van der Waals surface area contributed by atoms with Gasteiger partial charge < -0.3 is 9.47 Å². The summed E-state index contributed by atoms with van der Waals surface area (Å²) in [4.78, 5) is 0. The van der Waals surface area contributed by atoms with E-state index < -0.39 is 0 Å². The van der Waals surface area contributed by atoms with Crippen LogP contribution in [-0.2, 0) is 9.47 Å². The van der Waals surface area contributed by atoms with Crippen molar-refractivity contribution < 1.29 is 9.47 Å². The predicted molar refractivity (Wildman–Crippen MR) is 118 cm³/mol. The molecule has 0 spiro atoms. The molecule has 0 radical (unpaired) electrons. The van der Waals surface area contributed by atoms with E-state index >= 15 is 0 Å². The Morgan fingerprint density at radius 2 is 1.43 bits per heavy atom. The molecule has 2 aliphatic rings. The van der Waals surface area contributed by atoms with Crippen LogP contribution in [0.4, 0.5) is 0 Å². The van der Waals surface area contributed by atoms with Crippen LogP contribution in [0.15, 0.2) is 24.3 Å². The number of hydrogen-bond donors (Lipinski definition) is 0.